The second-order valence-electron chi connectivity index (χ2n) is 6.38. The molecule has 1 aliphatic rings. The molecule has 1 aromatic carbocycles. The highest BCUT2D eigenvalue weighted by molar-refractivity contribution is 5.23. The van der Waals surface area contributed by atoms with Crippen LogP contribution in [-0.2, 0) is 0 Å². The lowest BCUT2D eigenvalue weighted by Crippen LogP contribution is -2.42. The van der Waals surface area contributed by atoms with Crippen molar-refractivity contribution in [2.24, 2.45) is 5.92 Å². The van der Waals surface area contributed by atoms with Gasteiger partial charge >= 0.3 is 0 Å². The molecule has 2 rings (SSSR count). The molecule has 3 atom stereocenters. The topological polar surface area (TPSA) is 15.3 Å². The lowest BCUT2D eigenvalue weighted by molar-refractivity contribution is 0.188. The zero-order chi connectivity index (χ0) is 14.5. The molecule has 0 bridgehead atoms. The minimum atomic E-state index is 0.516. The molecule has 1 aromatic rings. The summed E-state index contributed by atoms with van der Waals surface area (Å²) < 4.78 is 0. The van der Waals surface area contributed by atoms with Crippen LogP contribution in [0.1, 0.15) is 50.8 Å². The summed E-state index contributed by atoms with van der Waals surface area (Å²) in [5, 5.41) is 3.74. The van der Waals surface area contributed by atoms with Crippen LogP contribution in [0, 0.1) is 12.8 Å². The van der Waals surface area contributed by atoms with Crippen molar-refractivity contribution >= 4 is 0 Å². The Morgan fingerprint density at radius 3 is 2.60 bits per heavy atom. The Kier molecular flexibility index (Phi) is 5.62. The van der Waals surface area contributed by atoms with Gasteiger partial charge in [0.25, 0.3) is 0 Å². The molecular formula is C18H30N2. The second-order valence-corrected chi connectivity index (χ2v) is 6.38. The van der Waals surface area contributed by atoms with Gasteiger partial charge in [-0.25, -0.2) is 0 Å². The highest BCUT2D eigenvalue weighted by Crippen LogP contribution is 2.23. The van der Waals surface area contributed by atoms with Gasteiger partial charge in [0.05, 0.1) is 0 Å². The average Bonchev–Trinajstić information content (AvgIpc) is 2.72. The van der Waals surface area contributed by atoms with Crippen LogP contribution in [0.2, 0.25) is 0 Å². The molecule has 1 N–H and O–H groups in total. The highest BCUT2D eigenvalue weighted by atomic mass is 15.2. The first-order chi connectivity index (χ1) is 9.61. The predicted molar refractivity (Wildman–Crippen MR) is 87.0 cm³/mol. The average molecular weight is 274 g/mol. The molecule has 0 radical (unpaired) electrons. The standard InChI is InChI=1S/C18H30N2/c1-5-15(3)18-13-20(12-6-11-19-18)16(4)17-9-7-14(2)8-10-17/h7-10,15-16,18-19H,5-6,11-13H2,1-4H3. The summed E-state index contributed by atoms with van der Waals surface area (Å²) in [7, 11) is 0. The third-order valence-electron chi connectivity index (χ3n) is 4.90. The molecule has 0 amide bonds. The van der Waals surface area contributed by atoms with E-state index in [1.807, 2.05) is 0 Å². The molecule has 1 fully saturated rings. The lowest BCUT2D eigenvalue weighted by Gasteiger charge is -2.32. The molecule has 2 nitrogen and oxygen atoms in total. The maximum absolute atomic E-state index is 3.74. The second kappa shape index (κ2) is 7.24. The first kappa shape index (κ1) is 15.5. The Labute approximate surface area is 124 Å². The van der Waals surface area contributed by atoms with E-state index in [1.165, 1.54) is 37.1 Å². The SMILES string of the molecule is CCC(C)C1CN(C(C)c2ccc(C)cc2)CCCN1. The van der Waals surface area contributed by atoms with Gasteiger partial charge in [-0.1, -0.05) is 50.1 Å². The zero-order valence-electron chi connectivity index (χ0n) is 13.5. The van der Waals surface area contributed by atoms with Crippen molar-refractivity contribution in [1.82, 2.24) is 10.2 Å². The van der Waals surface area contributed by atoms with E-state index < -0.39 is 0 Å². The van der Waals surface area contributed by atoms with E-state index in [4.69, 9.17) is 0 Å². The summed E-state index contributed by atoms with van der Waals surface area (Å²) in [4.78, 5) is 2.65. The van der Waals surface area contributed by atoms with E-state index in [9.17, 15) is 0 Å². The number of nitrogens with one attached hydrogen (secondary N) is 1. The van der Waals surface area contributed by atoms with Crippen LogP contribution in [0.4, 0.5) is 0 Å². The van der Waals surface area contributed by atoms with Crippen molar-refractivity contribution in [1.29, 1.82) is 0 Å². The van der Waals surface area contributed by atoms with E-state index in [1.54, 1.807) is 0 Å². The van der Waals surface area contributed by atoms with Gasteiger partial charge in [-0.3, -0.25) is 4.90 Å². The van der Waals surface area contributed by atoms with Crippen LogP contribution in [0.5, 0.6) is 0 Å². The van der Waals surface area contributed by atoms with Crippen molar-refractivity contribution in [2.75, 3.05) is 19.6 Å². The largest absolute Gasteiger partial charge is 0.312 e. The van der Waals surface area contributed by atoms with Crippen molar-refractivity contribution in [3.63, 3.8) is 0 Å². The summed E-state index contributed by atoms with van der Waals surface area (Å²) in [6.07, 6.45) is 2.51. The van der Waals surface area contributed by atoms with E-state index in [2.05, 4.69) is 62.2 Å². The van der Waals surface area contributed by atoms with Crippen LogP contribution < -0.4 is 5.32 Å². The molecular weight excluding hydrogens is 244 g/mol. The lowest BCUT2D eigenvalue weighted by atomic mass is 9.97. The van der Waals surface area contributed by atoms with Crippen LogP contribution in [-0.4, -0.2) is 30.6 Å². The minimum absolute atomic E-state index is 0.516. The summed E-state index contributed by atoms with van der Waals surface area (Å²) in [5.74, 6) is 0.751. The molecule has 0 spiro atoms. The van der Waals surface area contributed by atoms with Crippen LogP contribution in [0.3, 0.4) is 0 Å². The van der Waals surface area contributed by atoms with E-state index in [0.29, 0.717) is 12.1 Å². The van der Waals surface area contributed by atoms with Gasteiger partial charge in [0.2, 0.25) is 0 Å². The van der Waals surface area contributed by atoms with E-state index in [0.717, 1.165) is 12.5 Å². The van der Waals surface area contributed by atoms with Crippen molar-refractivity contribution in [2.45, 2.75) is 52.6 Å². The Bertz CT molecular complexity index is 398. The Morgan fingerprint density at radius 2 is 1.95 bits per heavy atom. The summed E-state index contributed by atoms with van der Waals surface area (Å²) in [6, 6.07) is 10.2. The monoisotopic (exact) mass is 274 g/mol. The summed E-state index contributed by atoms with van der Waals surface area (Å²) in [6.45, 7) is 12.7. The van der Waals surface area contributed by atoms with Crippen molar-refractivity contribution in [3.8, 4) is 0 Å². The summed E-state index contributed by atoms with van der Waals surface area (Å²) in [5.41, 5.74) is 2.79. The van der Waals surface area contributed by atoms with Crippen LogP contribution in [0.15, 0.2) is 24.3 Å². The molecule has 1 saturated heterocycles. The molecule has 1 heterocycles. The number of rotatable bonds is 4. The third kappa shape index (κ3) is 3.83. The van der Waals surface area contributed by atoms with Gasteiger partial charge in [0.15, 0.2) is 0 Å². The van der Waals surface area contributed by atoms with E-state index >= 15 is 0 Å². The molecule has 3 unspecified atom stereocenters. The number of hydrogen-bond donors (Lipinski definition) is 1. The molecule has 2 heteroatoms. The number of hydrogen-bond acceptors (Lipinski definition) is 2. The van der Waals surface area contributed by atoms with E-state index in [-0.39, 0.29) is 0 Å². The molecule has 0 aliphatic carbocycles. The molecule has 0 aromatic heterocycles. The molecule has 112 valence electrons. The van der Waals surface area contributed by atoms with Crippen LogP contribution in [0.25, 0.3) is 0 Å². The first-order valence-electron chi connectivity index (χ1n) is 8.15. The Hall–Kier alpha value is -0.860. The maximum Gasteiger partial charge on any atom is 0.0320 e. The Morgan fingerprint density at radius 1 is 1.25 bits per heavy atom. The smallest absolute Gasteiger partial charge is 0.0320 e. The zero-order valence-corrected chi connectivity index (χ0v) is 13.5. The Balaban J connectivity index is 2.07. The maximum atomic E-state index is 3.74. The molecule has 20 heavy (non-hydrogen) atoms. The fraction of sp³-hybridized carbons (Fsp3) is 0.667. The fourth-order valence-corrected chi connectivity index (χ4v) is 3.05. The minimum Gasteiger partial charge on any atom is -0.312 e. The summed E-state index contributed by atoms with van der Waals surface area (Å²) >= 11 is 0. The third-order valence-corrected chi connectivity index (χ3v) is 4.90. The van der Waals surface area contributed by atoms with Gasteiger partial charge < -0.3 is 5.32 Å². The van der Waals surface area contributed by atoms with Gasteiger partial charge in [0, 0.05) is 25.2 Å². The number of benzene rings is 1. The predicted octanol–water partition coefficient (Wildman–Crippen LogP) is 3.77. The fourth-order valence-electron chi connectivity index (χ4n) is 3.05. The van der Waals surface area contributed by atoms with Gasteiger partial charge in [-0.2, -0.15) is 0 Å². The molecule has 0 saturated carbocycles. The van der Waals surface area contributed by atoms with Crippen molar-refractivity contribution in [3.05, 3.63) is 35.4 Å². The van der Waals surface area contributed by atoms with Gasteiger partial charge in [-0.05, 0) is 38.3 Å². The first-order valence-corrected chi connectivity index (χ1v) is 8.15. The van der Waals surface area contributed by atoms with Gasteiger partial charge in [0.1, 0.15) is 0 Å². The quantitative estimate of drug-likeness (QED) is 0.899. The number of aryl methyl sites for hydroxylation is 1. The van der Waals surface area contributed by atoms with Gasteiger partial charge in [-0.15, -0.1) is 0 Å². The molecule has 1 aliphatic heterocycles. The van der Waals surface area contributed by atoms with Crippen molar-refractivity contribution < 1.29 is 0 Å². The number of nitrogens with zero attached hydrogens (tertiary/aromatic N) is 1. The highest BCUT2D eigenvalue weighted by Gasteiger charge is 2.25. The normalized spacial score (nSPS) is 24.1. The van der Waals surface area contributed by atoms with Crippen LogP contribution >= 0.6 is 0 Å².